The van der Waals surface area contributed by atoms with Gasteiger partial charge in [0, 0.05) is 6.92 Å². The van der Waals surface area contributed by atoms with Crippen molar-refractivity contribution in [2.75, 3.05) is 0 Å². The van der Waals surface area contributed by atoms with Crippen LogP contribution in [0.5, 0.6) is 0 Å². The smallest absolute Gasteiger partial charge is 0.305 e. The number of ether oxygens (including phenoxy) is 2. The van der Waals surface area contributed by atoms with Gasteiger partial charge in [0.1, 0.15) is 5.60 Å². The lowest BCUT2D eigenvalue weighted by molar-refractivity contribution is -0.145. The summed E-state index contributed by atoms with van der Waals surface area (Å²) in [5.74, 6) is -0.287. The van der Waals surface area contributed by atoms with E-state index in [1.165, 1.54) is 6.92 Å². The summed E-state index contributed by atoms with van der Waals surface area (Å²) in [7, 11) is 0. The normalized spacial score (nSPS) is 29.4. The minimum absolute atomic E-state index is 0.244. The molecule has 0 aromatic heterocycles. The van der Waals surface area contributed by atoms with E-state index in [4.69, 9.17) is 9.47 Å². The van der Waals surface area contributed by atoms with Crippen LogP contribution in [0.3, 0.4) is 0 Å². The van der Waals surface area contributed by atoms with E-state index in [0.29, 0.717) is 0 Å². The van der Waals surface area contributed by atoms with Crippen LogP contribution in [0.15, 0.2) is 0 Å². The molecule has 0 radical (unpaired) electrons. The third-order valence-corrected chi connectivity index (χ3v) is 1.19. The quantitative estimate of drug-likeness (QED) is 0.387. The van der Waals surface area contributed by atoms with Crippen LogP contribution in [0.4, 0.5) is 0 Å². The first-order chi connectivity index (χ1) is 4.02. The third kappa shape index (κ3) is 1.42. The van der Waals surface area contributed by atoms with Crippen LogP contribution in [0.2, 0.25) is 0 Å². The van der Waals surface area contributed by atoms with Gasteiger partial charge in [-0.05, 0) is 13.8 Å². The van der Waals surface area contributed by atoms with Crippen molar-refractivity contribution in [1.82, 2.24) is 0 Å². The Morgan fingerprint density at radius 2 is 2.11 bits per heavy atom. The second kappa shape index (κ2) is 1.70. The molecule has 0 saturated carbocycles. The van der Waals surface area contributed by atoms with E-state index in [2.05, 4.69) is 0 Å². The Morgan fingerprint density at radius 3 is 2.22 bits per heavy atom. The standard InChI is InChI=1S/C6H10O3/c1-4(7)8-5-6(2,3)9-5/h5H,1-3H3. The first-order valence-electron chi connectivity index (χ1n) is 2.87. The second-order valence-corrected chi connectivity index (χ2v) is 2.66. The van der Waals surface area contributed by atoms with Crippen LogP contribution in [-0.2, 0) is 14.3 Å². The number of esters is 1. The Morgan fingerprint density at radius 1 is 1.67 bits per heavy atom. The van der Waals surface area contributed by atoms with E-state index in [1.807, 2.05) is 13.8 Å². The summed E-state index contributed by atoms with van der Waals surface area (Å²) < 4.78 is 9.69. The molecule has 9 heavy (non-hydrogen) atoms. The zero-order valence-electron chi connectivity index (χ0n) is 5.80. The highest BCUT2D eigenvalue weighted by atomic mass is 16.8. The Balaban J connectivity index is 2.28. The predicted octanol–water partition coefficient (Wildman–Crippen LogP) is 0.684. The van der Waals surface area contributed by atoms with Crippen molar-refractivity contribution >= 4 is 5.97 Å². The van der Waals surface area contributed by atoms with Crippen LogP contribution >= 0.6 is 0 Å². The fraction of sp³-hybridized carbons (Fsp3) is 0.833. The number of hydrogen-bond donors (Lipinski definition) is 0. The number of rotatable bonds is 1. The van der Waals surface area contributed by atoms with Gasteiger partial charge in [-0.3, -0.25) is 4.79 Å². The van der Waals surface area contributed by atoms with Crippen molar-refractivity contribution in [1.29, 1.82) is 0 Å². The largest absolute Gasteiger partial charge is 0.433 e. The zero-order chi connectivity index (χ0) is 7.07. The highest BCUT2D eigenvalue weighted by Crippen LogP contribution is 2.35. The molecule has 1 aliphatic rings. The Kier molecular flexibility index (Phi) is 1.24. The average molecular weight is 130 g/mol. The van der Waals surface area contributed by atoms with Crippen LogP contribution in [-0.4, -0.2) is 17.9 Å². The molecule has 0 spiro atoms. The van der Waals surface area contributed by atoms with E-state index >= 15 is 0 Å². The maximum Gasteiger partial charge on any atom is 0.305 e. The fourth-order valence-corrected chi connectivity index (χ4v) is 0.559. The lowest BCUT2D eigenvalue weighted by Crippen LogP contribution is -2.09. The molecule has 3 heteroatoms. The van der Waals surface area contributed by atoms with Crippen LogP contribution in [0.25, 0.3) is 0 Å². The van der Waals surface area contributed by atoms with Crippen LogP contribution in [0.1, 0.15) is 20.8 Å². The van der Waals surface area contributed by atoms with Gasteiger partial charge in [-0.15, -0.1) is 0 Å². The molecular weight excluding hydrogens is 120 g/mol. The van der Waals surface area contributed by atoms with Gasteiger partial charge in [0.25, 0.3) is 0 Å². The highest BCUT2D eigenvalue weighted by molar-refractivity contribution is 5.66. The number of epoxide rings is 1. The third-order valence-electron chi connectivity index (χ3n) is 1.19. The molecule has 1 aliphatic heterocycles. The van der Waals surface area contributed by atoms with E-state index < -0.39 is 0 Å². The molecule has 0 bridgehead atoms. The SMILES string of the molecule is CC(=O)OC1OC1(C)C. The molecule has 0 amide bonds. The molecule has 0 aromatic carbocycles. The molecule has 0 aromatic rings. The Bertz CT molecular complexity index is 139. The summed E-state index contributed by atoms with van der Waals surface area (Å²) >= 11 is 0. The summed E-state index contributed by atoms with van der Waals surface area (Å²) in [5.41, 5.74) is -0.244. The first-order valence-corrected chi connectivity index (χ1v) is 2.87. The van der Waals surface area contributed by atoms with Gasteiger partial charge in [0.2, 0.25) is 6.29 Å². The second-order valence-electron chi connectivity index (χ2n) is 2.66. The van der Waals surface area contributed by atoms with Gasteiger partial charge in [-0.2, -0.15) is 0 Å². The summed E-state index contributed by atoms with van der Waals surface area (Å²) in [6.45, 7) is 5.12. The molecule has 1 fully saturated rings. The molecule has 1 unspecified atom stereocenters. The first kappa shape index (κ1) is 6.55. The van der Waals surface area contributed by atoms with Crippen molar-refractivity contribution in [2.24, 2.45) is 0 Å². The Labute approximate surface area is 53.9 Å². The van der Waals surface area contributed by atoms with Crippen molar-refractivity contribution in [2.45, 2.75) is 32.7 Å². The molecule has 1 rings (SSSR count). The molecule has 1 saturated heterocycles. The maximum atomic E-state index is 10.3. The van der Waals surface area contributed by atoms with Gasteiger partial charge in [0.05, 0.1) is 0 Å². The molecular formula is C6H10O3. The van der Waals surface area contributed by atoms with Crippen molar-refractivity contribution in [3.63, 3.8) is 0 Å². The van der Waals surface area contributed by atoms with E-state index in [-0.39, 0.29) is 17.9 Å². The van der Waals surface area contributed by atoms with Crippen LogP contribution in [0, 0.1) is 0 Å². The molecule has 1 atom stereocenters. The number of carbonyl (C=O) groups excluding carboxylic acids is 1. The zero-order valence-corrected chi connectivity index (χ0v) is 5.80. The van der Waals surface area contributed by atoms with Crippen molar-refractivity contribution in [3.05, 3.63) is 0 Å². The van der Waals surface area contributed by atoms with E-state index in [0.717, 1.165) is 0 Å². The van der Waals surface area contributed by atoms with Gasteiger partial charge < -0.3 is 9.47 Å². The minimum atomic E-state index is -0.310. The lowest BCUT2D eigenvalue weighted by Gasteiger charge is -1.95. The molecule has 52 valence electrons. The summed E-state index contributed by atoms with van der Waals surface area (Å²) in [4.78, 5) is 10.3. The minimum Gasteiger partial charge on any atom is -0.433 e. The lowest BCUT2D eigenvalue weighted by atomic mass is 10.2. The maximum absolute atomic E-state index is 10.3. The molecule has 0 N–H and O–H groups in total. The topological polar surface area (TPSA) is 38.8 Å². The fourth-order valence-electron chi connectivity index (χ4n) is 0.559. The number of carbonyl (C=O) groups is 1. The van der Waals surface area contributed by atoms with Gasteiger partial charge in [0.15, 0.2) is 0 Å². The van der Waals surface area contributed by atoms with Crippen molar-refractivity contribution < 1.29 is 14.3 Å². The van der Waals surface area contributed by atoms with Crippen LogP contribution < -0.4 is 0 Å². The van der Waals surface area contributed by atoms with Gasteiger partial charge >= 0.3 is 5.97 Å². The molecule has 0 aliphatic carbocycles. The number of hydrogen-bond acceptors (Lipinski definition) is 3. The summed E-state index contributed by atoms with van der Waals surface area (Å²) in [5, 5.41) is 0. The molecule has 1 heterocycles. The van der Waals surface area contributed by atoms with E-state index in [1.54, 1.807) is 0 Å². The van der Waals surface area contributed by atoms with Gasteiger partial charge in [-0.25, -0.2) is 0 Å². The predicted molar refractivity (Wildman–Crippen MR) is 30.7 cm³/mol. The summed E-state index contributed by atoms with van der Waals surface area (Å²) in [6.07, 6.45) is -0.310. The molecule has 3 nitrogen and oxygen atoms in total. The average Bonchev–Trinajstić information content (AvgIpc) is 2.10. The van der Waals surface area contributed by atoms with E-state index in [9.17, 15) is 4.79 Å². The van der Waals surface area contributed by atoms with Gasteiger partial charge in [-0.1, -0.05) is 0 Å². The highest BCUT2D eigenvalue weighted by Gasteiger charge is 2.51. The monoisotopic (exact) mass is 130 g/mol. The Hall–Kier alpha value is -0.570. The summed E-state index contributed by atoms with van der Waals surface area (Å²) in [6, 6.07) is 0. The van der Waals surface area contributed by atoms with Crippen molar-refractivity contribution in [3.8, 4) is 0 Å².